The smallest absolute Gasteiger partial charge is 0.251 e. The first-order chi connectivity index (χ1) is 7.48. The van der Waals surface area contributed by atoms with Crippen molar-refractivity contribution >= 4 is 23.1 Å². The van der Waals surface area contributed by atoms with Crippen LogP contribution in [0, 0.1) is 0 Å². The third-order valence-corrected chi connectivity index (χ3v) is 2.99. The summed E-state index contributed by atoms with van der Waals surface area (Å²) in [4.78, 5) is 5.73. The van der Waals surface area contributed by atoms with Gasteiger partial charge in [-0.05, 0) is 0 Å². The number of rotatable bonds is 1. The van der Waals surface area contributed by atoms with Gasteiger partial charge in [0.2, 0.25) is 0 Å². The van der Waals surface area contributed by atoms with Crippen LogP contribution in [0.1, 0.15) is 12.8 Å². The van der Waals surface area contributed by atoms with Gasteiger partial charge in [-0.1, -0.05) is 11.6 Å². The van der Waals surface area contributed by atoms with E-state index in [1.165, 1.54) is 12.3 Å². The van der Waals surface area contributed by atoms with Crippen molar-refractivity contribution in [2.45, 2.75) is 18.8 Å². The second-order valence-corrected chi connectivity index (χ2v) is 4.31. The molecule has 0 bridgehead atoms. The van der Waals surface area contributed by atoms with Gasteiger partial charge >= 0.3 is 0 Å². The van der Waals surface area contributed by atoms with Crippen LogP contribution in [0.15, 0.2) is 12.3 Å². The number of anilines is 2. The summed E-state index contributed by atoms with van der Waals surface area (Å²) in [6.07, 6.45) is 1.24. The molecule has 2 heterocycles. The predicted molar refractivity (Wildman–Crippen MR) is 60.1 cm³/mol. The SMILES string of the molecule is Nc1cc(Cl)c(N2CCC(F)(F)CC2)cn1. The third kappa shape index (κ3) is 2.35. The van der Waals surface area contributed by atoms with Crippen LogP contribution in [0.2, 0.25) is 5.02 Å². The van der Waals surface area contributed by atoms with Crippen molar-refractivity contribution in [2.75, 3.05) is 23.7 Å². The summed E-state index contributed by atoms with van der Waals surface area (Å²) < 4.78 is 25.9. The van der Waals surface area contributed by atoms with Crippen LogP contribution in [0.4, 0.5) is 20.3 Å². The minimum Gasteiger partial charge on any atom is -0.384 e. The largest absolute Gasteiger partial charge is 0.384 e. The van der Waals surface area contributed by atoms with Crippen LogP contribution in [-0.2, 0) is 0 Å². The van der Waals surface area contributed by atoms with E-state index in [9.17, 15) is 8.78 Å². The summed E-state index contributed by atoms with van der Waals surface area (Å²) in [7, 11) is 0. The molecule has 0 amide bonds. The lowest BCUT2D eigenvalue weighted by Gasteiger charge is -2.33. The van der Waals surface area contributed by atoms with Crippen molar-refractivity contribution in [3.05, 3.63) is 17.3 Å². The number of nitrogen functional groups attached to an aromatic ring is 1. The molecular weight excluding hydrogens is 236 g/mol. The molecule has 0 saturated carbocycles. The molecule has 1 aromatic rings. The van der Waals surface area contributed by atoms with Crippen molar-refractivity contribution in [2.24, 2.45) is 0 Å². The summed E-state index contributed by atoms with van der Waals surface area (Å²) in [5.41, 5.74) is 6.14. The molecule has 6 heteroatoms. The van der Waals surface area contributed by atoms with Crippen molar-refractivity contribution < 1.29 is 8.78 Å². The Kier molecular flexibility index (Phi) is 2.88. The summed E-state index contributed by atoms with van der Waals surface area (Å²) in [6, 6.07) is 1.53. The number of hydrogen-bond donors (Lipinski definition) is 1. The number of pyridine rings is 1. The van der Waals surface area contributed by atoms with Crippen molar-refractivity contribution in [1.29, 1.82) is 0 Å². The summed E-state index contributed by atoms with van der Waals surface area (Å²) in [5.74, 6) is -2.22. The molecule has 0 spiro atoms. The molecule has 0 aromatic carbocycles. The van der Waals surface area contributed by atoms with Gasteiger partial charge in [0, 0.05) is 32.0 Å². The Balaban J connectivity index is 2.14. The van der Waals surface area contributed by atoms with Crippen molar-refractivity contribution in [3.8, 4) is 0 Å². The molecule has 1 aromatic heterocycles. The first-order valence-corrected chi connectivity index (χ1v) is 5.39. The molecule has 0 aliphatic carbocycles. The van der Waals surface area contributed by atoms with E-state index in [0.717, 1.165) is 0 Å². The molecule has 1 fully saturated rings. The Bertz CT molecular complexity index is 388. The summed E-state index contributed by atoms with van der Waals surface area (Å²) in [6.45, 7) is 0.580. The third-order valence-electron chi connectivity index (χ3n) is 2.69. The van der Waals surface area contributed by atoms with Gasteiger partial charge in [0.15, 0.2) is 0 Å². The normalized spacial score (nSPS) is 19.8. The maximum absolute atomic E-state index is 13.0. The quantitative estimate of drug-likeness (QED) is 0.829. The predicted octanol–water partition coefficient (Wildman–Crippen LogP) is 2.55. The van der Waals surface area contributed by atoms with Crippen LogP contribution < -0.4 is 10.6 Å². The number of nitrogens with two attached hydrogens (primary N) is 1. The van der Waals surface area contributed by atoms with Gasteiger partial charge in [-0.2, -0.15) is 0 Å². The van der Waals surface area contributed by atoms with E-state index in [1.54, 1.807) is 0 Å². The van der Waals surface area contributed by atoms with E-state index in [2.05, 4.69) is 4.98 Å². The molecule has 1 aliphatic rings. The van der Waals surface area contributed by atoms with Gasteiger partial charge in [0.1, 0.15) is 5.82 Å². The zero-order chi connectivity index (χ0) is 11.8. The molecule has 88 valence electrons. The van der Waals surface area contributed by atoms with Crippen LogP contribution in [0.3, 0.4) is 0 Å². The summed E-state index contributed by atoms with van der Waals surface area (Å²) in [5, 5.41) is 0.456. The molecule has 2 N–H and O–H groups in total. The van der Waals surface area contributed by atoms with Gasteiger partial charge in [-0.25, -0.2) is 13.8 Å². The van der Waals surface area contributed by atoms with Crippen molar-refractivity contribution in [1.82, 2.24) is 4.98 Å². The number of halogens is 3. The van der Waals surface area contributed by atoms with Crippen LogP contribution in [-0.4, -0.2) is 24.0 Å². The maximum Gasteiger partial charge on any atom is 0.251 e. The molecule has 3 nitrogen and oxygen atoms in total. The van der Waals surface area contributed by atoms with E-state index < -0.39 is 5.92 Å². The van der Waals surface area contributed by atoms with E-state index in [4.69, 9.17) is 17.3 Å². The second-order valence-electron chi connectivity index (χ2n) is 3.90. The molecule has 0 atom stereocenters. The average Bonchev–Trinajstić information content (AvgIpc) is 2.19. The highest BCUT2D eigenvalue weighted by Gasteiger charge is 2.34. The highest BCUT2D eigenvalue weighted by Crippen LogP contribution is 2.33. The minimum atomic E-state index is -2.55. The fourth-order valence-electron chi connectivity index (χ4n) is 1.75. The van der Waals surface area contributed by atoms with E-state index >= 15 is 0 Å². The highest BCUT2D eigenvalue weighted by molar-refractivity contribution is 6.33. The molecule has 1 aliphatic heterocycles. The number of nitrogens with zero attached hydrogens (tertiary/aromatic N) is 2. The van der Waals surface area contributed by atoms with Crippen LogP contribution in [0.25, 0.3) is 0 Å². The summed E-state index contributed by atoms with van der Waals surface area (Å²) >= 11 is 5.98. The Labute approximate surface area is 97.2 Å². The van der Waals surface area contributed by atoms with Gasteiger partial charge < -0.3 is 10.6 Å². The first kappa shape index (κ1) is 11.4. The minimum absolute atomic E-state index is 0.145. The van der Waals surface area contributed by atoms with Gasteiger partial charge in [0.25, 0.3) is 5.92 Å². The van der Waals surface area contributed by atoms with Crippen molar-refractivity contribution in [3.63, 3.8) is 0 Å². The van der Waals surface area contributed by atoms with Gasteiger partial charge in [-0.3, -0.25) is 0 Å². The number of piperidine rings is 1. The van der Waals surface area contributed by atoms with Gasteiger partial charge in [0.05, 0.1) is 16.9 Å². The van der Waals surface area contributed by atoms with E-state index in [-0.39, 0.29) is 25.9 Å². The molecule has 1 saturated heterocycles. The fraction of sp³-hybridized carbons (Fsp3) is 0.500. The number of hydrogen-bond acceptors (Lipinski definition) is 3. The molecule has 0 radical (unpaired) electrons. The zero-order valence-corrected chi connectivity index (χ0v) is 9.34. The number of aromatic nitrogens is 1. The molecule has 16 heavy (non-hydrogen) atoms. The lowest BCUT2D eigenvalue weighted by molar-refractivity contribution is -0.0220. The van der Waals surface area contributed by atoms with Crippen LogP contribution >= 0.6 is 11.6 Å². The lowest BCUT2D eigenvalue weighted by atomic mass is 10.1. The number of alkyl halides is 2. The molecule has 2 rings (SSSR count). The second kappa shape index (κ2) is 4.05. The van der Waals surface area contributed by atoms with Gasteiger partial charge in [-0.15, -0.1) is 0 Å². The molecule has 0 unspecified atom stereocenters. The topological polar surface area (TPSA) is 42.1 Å². The maximum atomic E-state index is 13.0. The average molecular weight is 248 g/mol. The Morgan fingerprint density at radius 2 is 2.00 bits per heavy atom. The Morgan fingerprint density at radius 3 is 2.56 bits per heavy atom. The standard InChI is InChI=1S/C10H12ClF2N3/c11-7-5-9(14)15-6-8(7)16-3-1-10(12,13)2-4-16/h5-6H,1-4H2,(H2,14,15). The Morgan fingerprint density at radius 1 is 1.38 bits per heavy atom. The van der Waals surface area contributed by atoms with E-state index in [0.29, 0.717) is 16.5 Å². The first-order valence-electron chi connectivity index (χ1n) is 5.02. The van der Waals surface area contributed by atoms with Crippen LogP contribution in [0.5, 0.6) is 0 Å². The lowest BCUT2D eigenvalue weighted by Crippen LogP contribution is -2.39. The molecular formula is C10H12ClF2N3. The van der Waals surface area contributed by atoms with E-state index in [1.807, 2.05) is 4.90 Å². The Hall–Kier alpha value is -1.10. The zero-order valence-electron chi connectivity index (χ0n) is 8.59. The highest BCUT2D eigenvalue weighted by atomic mass is 35.5. The fourth-order valence-corrected chi connectivity index (χ4v) is 2.03. The monoisotopic (exact) mass is 247 g/mol.